The van der Waals surface area contributed by atoms with Crippen molar-refractivity contribution in [2.45, 2.75) is 6.42 Å². The van der Waals surface area contributed by atoms with E-state index in [-0.39, 0.29) is 12.0 Å². The van der Waals surface area contributed by atoms with Gasteiger partial charge in [-0.1, -0.05) is 42.5 Å². The van der Waals surface area contributed by atoms with Crippen molar-refractivity contribution in [3.63, 3.8) is 0 Å². The molecule has 7 heteroatoms. The van der Waals surface area contributed by atoms with Crippen molar-refractivity contribution in [1.29, 1.82) is 0 Å². The van der Waals surface area contributed by atoms with Crippen molar-refractivity contribution in [3.05, 3.63) is 71.1 Å². The number of ether oxygens (including phenoxy) is 1. The zero-order valence-corrected chi connectivity index (χ0v) is 15.6. The summed E-state index contributed by atoms with van der Waals surface area (Å²) in [4.78, 5) is 27.9. The van der Waals surface area contributed by atoms with Gasteiger partial charge in [-0.05, 0) is 24.1 Å². The molecule has 6 nitrogen and oxygen atoms in total. The van der Waals surface area contributed by atoms with Gasteiger partial charge in [0.05, 0.1) is 18.4 Å². The number of carbonyl (C=O) groups excluding carboxylic acids is 2. The zero-order chi connectivity index (χ0) is 19.1. The minimum atomic E-state index is -0.380. The summed E-state index contributed by atoms with van der Waals surface area (Å²) in [6.07, 6.45) is 0.768. The molecule has 0 bridgehead atoms. The molecule has 1 aromatic heterocycles. The quantitative estimate of drug-likeness (QED) is 0.634. The fourth-order valence-corrected chi connectivity index (χ4v) is 3.18. The van der Waals surface area contributed by atoms with E-state index in [9.17, 15) is 9.59 Å². The SMILES string of the molecule is COC(=O)c1ccc(-c2csc(NC(=O)NCCc3ccccc3)n2)cc1. The second-order valence-corrected chi connectivity index (χ2v) is 6.58. The lowest BCUT2D eigenvalue weighted by atomic mass is 10.1. The summed E-state index contributed by atoms with van der Waals surface area (Å²) >= 11 is 1.34. The van der Waals surface area contributed by atoms with Crippen molar-refractivity contribution in [3.8, 4) is 11.3 Å². The molecule has 0 radical (unpaired) electrons. The van der Waals surface area contributed by atoms with Gasteiger partial charge in [0.2, 0.25) is 0 Å². The Bertz CT molecular complexity index is 908. The third-order valence-electron chi connectivity index (χ3n) is 3.87. The fraction of sp³-hybridized carbons (Fsp3) is 0.150. The second-order valence-electron chi connectivity index (χ2n) is 5.72. The van der Waals surface area contributed by atoms with E-state index in [4.69, 9.17) is 0 Å². The predicted octanol–water partition coefficient (Wildman–Crippen LogP) is 3.96. The molecule has 138 valence electrons. The molecule has 0 atom stereocenters. The van der Waals surface area contributed by atoms with Crippen LogP contribution in [-0.2, 0) is 11.2 Å². The topological polar surface area (TPSA) is 80.3 Å². The van der Waals surface area contributed by atoms with Crippen LogP contribution >= 0.6 is 11.3 Å². The van der Waals surface area contributed by atoms with Crippen LogP contribution in [0.25, 0.3) is 11.3 Å². The lowest BCUT2D eigenvalue weighted by Gasteiger charge is -2.05. The first-order chi connectivity index (χ1) is 13.2. The Hall–Kier alpha value is -3.19. The zero-order valence-electron chi connectivity index (χ0n) is 14.8. The normalized spacial score (nSPS) is 10.3. The van der Waals surface area contributed by atoms with Crippen LogP contribution in [0.4, 0.5) is 9.93 Å². The number of aromatic nitrogens is 1. The van der Waals surface area contributed by atoms with E-state index in [1.165, 1.54) is 24.0 Å². The summed E-state index contributed by atoms with van der Waals surface area (Å²) < 4.78 is 4.68. The highest BCUT2D eigenvalue weighted by molar-refractivity contribution is 7.14. The molecule has 0 saturated carbocycles. The van der Waals surface area contributed by atoms with E-state index >= 15 is 0 Å². The fourth-order valence-electron chi connectivity index (χ4n) is 2.47. The Morgan fingerprint density at radius 1 is 1.07 bits per heavy atom. The maximum Gasteiger partial charge on any atom is 0.337 e. The first-order valence-corrected chi connectivity index (χ1v) is 9.27. The van der Waals surface area contributed by atoms with Gasteiger partial charge in [-0.3, -0.25) is 5.32 Å². The van der Waals surface area contributed by atoms with Crippen LogP contribution in [-0.4, -0.2) is 30.6 Å². The molecule has 0 aliphatic heterocycles. The largest absolute Gasteiger partial charge is 0.465 e. The molecule has 2 N–H and O–H groups in total. The Morgan fingerprint density at radius 3 is 2.52 bits per heavy atom. The summed E-state index contributed by atoms with van der Waals surface area (Å²) in [5, 5.41) is 7.93. The van der Waals surface area contributed by atoms with Crippen LogP contribution in [0.2, 0.25) is 0 Å². The number of methoxy groups -OCH3 is 1. The smallest absolute Gasteiger partial charge is 0.337 e. The van der Waals surface area contributed by atoms with E-state index in [0.29, 0.717) is 17.2 Å². The number of anilines is 1. The third-order valence-corrected chi connectivity index (χ3v) is 4.63. The Balaban J connectivity index is 1.52. The van der Waals surface area contributed by atoms with E-state index in [0.717, 1.165) is 17.7 Å². The minimum absolute atomic E-state index is 0.284. The van der Waals surface area contributed by atoms with Gasteiger partial charge in [0.1, 0.15) is 0 Å². The average Bonchev–Trinajstić information content (AvgIpc) is 3.16. The number of urea groups is 1. The van der Waals surface area contributed by atoms with Gasteiger partial charge >= 0.3 is 12.0 Å². The lowest BCUT2D eigenvalue weighted by molar-refractivity contribution is 0.0600. The summed E-state index contributed by atoms with van der Waals surface area (Å²) in [6, 6.07) is 16.6. The molecule has 27 heavy (non-hydrogen) atoms. The van der Waals surface area contributed by atoms with Gasteiger partial charge in [-0.15, -0.1) is 11.3 Å². The standard InChI is InChI=1S/C20H19N3O3S/c1-26-18(24)16-9-7-15(8-10-16)17-13-27-20(22-17)23-19(25)21-12-11-14-5-3-2-4-6-14/h2-10,13H,11-12H2,1H3,(H2,21,22,23,25). The van der Waals surface area contributed by atoms with Crippen molar-refractivity contribution >= 4 is 28.5 Å². The van der Waals surface area contributed by atoms with Crippen LogP contribution in [0.15, 0.2) is 60.0 Å². The molecule has 0 aliphatic rings. The van der Waals surface area contributed by atoms with Crippen LogP contribution in [0.1, 0.15) is 15.9 Å². The van der Waals surface area contributed by atoms with Crippen LogP contribution in [0.5, 0.6) is 0 Å². The van der Waals surface area contributed by atoms with Gasteiger partial charge in [-0.2, -0.15) is 0 Å². The maximum atomic E-state index is 12.0. The van der Waals surface area contributed by atoms with Gasteiger partial charge in [-0.25, -0.2) is 14.6 Å². The van der Waals surface area contributed by atoms with E-state index in [2.05, 4.69) is 20.4 Å². The molecular formula is C20H19N3O3S. The maximum absolute atomic E-state index is 12.0. The summed E-state index contributed by atoms with van der Waals surface area (Å²) in [5.74, 6) is -0.380. The molecule has 0 spiro atoms. The number of benzene rings is 2. The number of thiazole rings is 1. The predicted molar refractivity (Wildman–Crippen MR) is 106 cm³/mol. The van der Waals surface area contributed by atoms with E-state index < -0.39 is 0 Å². The van der Waals surface area contributed by atoms with Gasteiger partial charge in [0, 0.05) is 17.5 Å². The van der Waals surface area contributed by atoms with Crippen molar-refractivity contribution in [2.75, 3.05) is 19.0 Å². The van der Waals surface area contributed by atoms with E-state index in [1.807, 2.05) is 35.7 Å². The number of hydrogen-bond donors (Lipinski definition) is 2. The molecule has 0 fully saturated rings. The minimum Gasteiger partial charge on any atom is -0.465 e. The number of hydrogen-bond acceptors (Lipinski definition) is 5. The van der Waals surface area contributed by atoms with Gasteiger partial charge in [0.25, 0.3) is 0 Å². The molecule has 2 amide bonds. The highest BCUT2D eigenvalue weighted by Gasteiger charge is 2.09. The summed E-state index contributed by atoms with van der Waals surface area (Å²) in [7, 11) is 1.35. The first kappa shape index (κ1) is 18.6. The number of carbonyl (C=O) groups is 2. The molecule has 0 saturated heterocycles. The average molecular weight is 381 g/mol. The van der Waals surface area contributed by atoms with Crippen LogP contribution in [0, 0.1) is 0 Å². The molecule has 3 rings (SSSR count). The van der Waals surface area contributed by atoms with Crippen molar-refractivity contribution < 1.29 is 14.3 Å². The highest BCUT2D eigenvalue weighted by atomic mass is 32.1. The van der Waals surface area contributed by atoms with E-state index in [1.54, 1.807) is 24.3 Å². The van der Waals surface area contributed by atoms with Crippen molar-refractivity contribution in [2.24, 2.45) is 0 Å². The number of nitrogens with zero attached hydrogens (tertiary/aromatic N) is 1. The Morgan fingerprint density at radius 2 is 1.81 bits per heavy atom. The lowest BCUT2D eigenvalue weighted by Crippen LogP contribution is -2.30. The Labute approximate surface area is 161 Å². The summed E-state index contributed by atoms with van der Waals surface area (Å²) in [6.45, 7) is 0.545. The molecule has 0 aliphatic carbocycles. The molecular weight excluding hydrogens is 362 g/mol. The van der Waals surface area contributed by atoms with Gasteiger partial charge in [0.15, 0.2) is 5.13 Å². The first-order valence-electron chi connectivity index (χ1n) is 8.39. The number of amides is 2. The number of nitrogens with one attached hydrogen (secondary N) is 2. The Kier molecular flexibility index (Phi) is 6.17. The highest BCUT2D eigenvalue weighted by Crippen LogP contribution is 2.25. The summed E-state index contributed by atoms with van der Waals surface area (Å²) in [5.41, 5.74) is 3.24. The monoisotopic (exact) mass is 381 g/mol. The van der Waals surface area contributed by atoms with Gasteiger partial charge < -0.3 is 10.1 Å². The second kappa shape index (κ2) is 8.95. The molecule has 1 heterocycles. The third kappa shape index (κ3) is 5.15. The number of rotatable bonds is 6. The van der Waals surface area contributed by atoms with Crippen molar-refractivity contribution in [1.82, 2.24) is 10.3 Å². The number of esters is 1. The van der Waals surface area contributed by atoms with Crippen LogP contribution in [0.3, 0.4) is 0 Å². The molecule has 0 unspecified atom stereocenters. The molecule has 3 aromatic rings. The molecule has 2 aromatic carbocycles. The van der Waals surface area contributed by atoms with Crippen LogP contribution < -0.4 is 10.6 Å².